The molecule has 2 heterocycles. The Balaban J connectivity index is 1.89. The molecule has 0 fully saturated rings. The number of imidazole rings is 1. The SMILES string of the molecule is COC(=O)c1nc2ccccc2n1Cc1cccc2sc(S(C)=O)nc12. The summed E-state index contributed by atoms with van der Waals surface area (Å²) in [7, 11) is 0.213. The molecule has 132 valence electrons. The molecule has 8 heteroatoms. The molecule has 0 saturated heterocycles. The Morgan fingerprint density at radius 3 is 2.77 bits per heavy atom. The summed E-state index contributed by atoms with van der Waals surface area (Å²) in [5, 5.41) is 0. The van der Waals surface area contributed by atoms with Gasteiger partial charge in [-0.2, -0.15) is 0 Å². The third kappa shape index (κ3) is 2.81. The second-order valence-electron chi connectivity index (χ2n) is 5.70. The van der Waals surface area contributed by atoms with E-state index in [1.807, 2.05) is 47.0 Å². The van der Waals surface area contributed by atoms with Crippen LogP contribution in [0.4, 0.5) is 0 Å². The first-order valence-electron chi connectivity index (χ1n) is 7.84. The summed E-state index contributed by atoms with van der Waals surface area (Å²) in [6, 6.07) is 13.4. The minimum atomic E-state index is -1.13. The maximum atomic E-state index is 12.2. The Morgan fingerprint density at radius 2 is 2.00 bits per heavy atom. The van der Waals surface area contributed by atoms with Crippen LogP contribution in [0.5, 0.6) is 0 Å². The van der Waals surface area contributed by atoms with Crippen LogP contribution in [0, 0.1) is 0 Å². The standard InChI is InChI=1S/C18H15N3O3S2/c1-24-17(22)16-19-12-7-3-4-8-13(12)21(16)10-11-6-5-9-14-15(11)20-18(25-14)26(2)23/h3-9H,10H2,1-2H3. The molecule has 0 aliphatic heterocycles. The topological polar surface area (TPSA) is 74.1 Å². The quantitative estimate of drug-likeness (QED) is 0.504. The van der Waals surface area contributed by atoms with E-state index in [9.17, 15) is 9.00 Å². The average Bonchev–Trinajstić information content (AvgIpc) is 3.24. The highest BCUT2D eigenvalue weighted by Crippen LogP contribution is 2.28. The van der Waals surface area contributed by atoms with Crippen LogP contribution in [-0.4, -0.2) is 38.1 Å². The van der Waals surface area contributed by atoms with Crippen molar-refractivity contribution in [3.8, 4) is 0 Å². The highest BCUT2D eigenvalue weighted by molar-refractivity contribution is 7.86. The van der Waals surface area contributed by atoms with Crippen molar-refractivity contribution in [3.05, 3.63) is 53.9 Å². The smallest absolute Gasteiger partial charge is 0.374 e. The van der Waals surface area contributed by atoms with Gasteiger partial charge in [0, 0.05) is 6.26 Å². The molecule has 0 radical (unpaired) electrons. The van der Waals surface area contributed by atoms with Gasteiger partial charge in [0.1, 0.15) is 0 Å². The lowest BCUT2D eigenvalue weighted by molar-refractivity contribution is 0.0582. The molecule has 1 atom stereocenters. The maximum absolute atomic E-state index is 12.2. The van der Waals surface area contributed by atoms with Crippen molar-refractivity contribution in [2.75, 3.05) is 13.4 Å². The van der Waals surface area contributed by atoms with Crippen molar-refractivity contribution in [3.63, 3.8) is 0 Å². The molecule has 0 saturated carbocycles. The van der Waals surface area contributed by atoms with Crippen molar-refractivity contribution < 1.29 is 13.7 Å². The van der Waals surface area contributed by atoms with Gasteiger partial charge in [-0.3, -0.25) is 4.21 Å². The van der Waals surface area contributed by atoms with E-state index in [0.29, 0.717) is 10.9 Å². The summed E-state index contributed by atoms with van der Waals surface area (Å²) >= 11 is 1.42. The first-order chi connectivity index (χ1) is 12.6. The summed E-state index contributed by atoms with van der Waals surface area (Å²) in [5.74, 6) is -0.234. The minimum Gasteiger partial charge on any atom is -0.463 e. The molecule has 0 N–H and O–H groups in total. The summed E-state index contributed by atoms with van der Waals surface area (Å²) in [6.45, 7) is 0.418. The van der Waals surface area contributed by atoms with Crippen LogP contribution in [0.25, 0.3) is 21.3 Å². The van der Waals surface area contributed by atoms with Gasteiger partial charge in [-0.25, -0.2) is 14.8 Å². The second kappa shape index (κ2) is 6.62. The molecule has 26 heavy (non-hydrogen) atoms. The van der Waals surface area contributed by atoms with Gasteiger partial charge in [-0.05, 0) is 23.8 Å². The van der Waals surface area contributed by atoms with Gasteiger partial charge in [-0.1, -0.05) is 24.3 Å². The molecule has 1 unspecified atom stereocenters. The highest BCUT2D eigenvalue weighted by Gasteiger charge is 2.19. The Bertz CT molecular complexity index is 1160. The fourth-order valence-electron chi connectivity index (χ4n) is 2.89. The number of carbonyl (C=O) groups excluding carboxylic acids is 1. The fraction of sp³-hybridized carbons (Fsp3) is 0.167. The number of esters is 1. The number of para-hydroxylation sites is 3. The molecule has 0 bridgehead atoms. The normalized spacial score (nSPS) is 12.5. The molecule has 0 amide bonds. The molecule has 4 rings (SSSR count). The van der Waals surface area contributed by atoms with E-state index in [2.05, 4.69) is 9.97 Å². The van der Waals surface area contributed by atoms with Gasteiger partial charge in [-0.15, -0.1) is 11.3 Å². The number of methoxy groups -OCH3 is 1. The molecule has 2 aromatic heterocycles. The summed E-state index contributed by atoms with van der Waals surface area (Å²) in [5.41, 5.74) is 3.31. The van der Waals surface area contributed by atoms with Crippen molar-refractivity contribution in [1.29, 1.82) is 0 Å². The maximum Gasteiger partial charge on any atom is 0.374 e. The molecule has 6 nitrogen and oxygen atoms in total. The number of aromatic nitrogens is 3. The molecular weight excluding hydrogens is 370 g/mol. The van der Waals surface area contributed by atoms with Gasteiger partial charge in [0.15, 0.2) is 4.34 Å². The Kier molecular flexibility index (Phi) is 4.29. The Hall–Kier alpha value is -2.58. The lowest BCUT2D eigenvalue weighted by Gasteiger charge is -2.09. The highest BCUT2D eigenvalue weighted by atomic mass is 32.2. The average molecular weight is 385 g/mol. The zero-order valence-electron chi connectivity index (χ0n) is 14.1. The van der Waals surface area contributed by atoms with Gasteiger partial charge in [0.2, 0.25) is 5.82 Å². The van der Waals surface area contributed by atoms with Crippen LogP contribution >= 0.6 is 11.3 Å². The number of hydrogen-bond donors (Lipinski definition) is 0. The monoisotopic (exact) mass is 385 g/mol. The van der Waals surface area contributed by atoms with Crippen LogP contribution in [0.2, 0.25) is 0 Å². The zero-order chi connectivity index (χ0) is 18.3. The van der Waals surface area contributed by atoms with Gasteiger partial charge in [0.05, 0.1) is 45.7 Å². The number of benzene rings is 2. The van der Waals surface area contributed by atoms with Crippen molar-refractivity contribution in [2.24, 2.45) is 0 Å². The number of thiazole rings is 1. The molecule has 0 aliphatic rings. The van der Waals surface area contributed by atoms with E-state index in [0.717, 1.165) is 26.8 Å². The second-order valence-corrected chi connectivity index (χ2v) is 8.28. The number of rotatable bonds is 4. The van der Waals surface area contributed by atoms with E-state index in [4.69, 9.17) is 4.74 Å². The van der Waals surface area contributed by atoms with E-state index >= 15 is 0 Å². The molecule has 0 aliphatic carbocycles. The number of ether oxygens (including phenoxy) is 1. The lowest BCUT2D eigenvalue weighted by atomic mass is 10.2. The fourth-order valence-corrected chi connectivity index (χ4v) is 4.59. The molecule has 2 aromatic carbocycles. The van der Waals surface area contributed by atoms with Crippen LogP contribution in [0.3, 0.4) is 0 Å². The number of hydrogen-bond acceptors (Lipinski definition) is 6. The summed E-state index contributed by atoms with van der Waals surface area (Å²) in [4.78, 5) is 21.1. The molecular formula is C18H15N3O3S2. The van der Waals surface area contributed by atoms with Crippen molar-refractivity contribution in [2.45, 2.75) is 10.9 Å². The van der Waals surface area contributed by atoms with Crippen LogP contribution in [0.15, 0.2) is 46.8 Å². The molecule has 4 aromatic rings. The third-order valence-corrected chi connectivity index (χ3v) is 6.43. The van der Waals surface area contributed by atoms with Gasteiger partial charge in [0.25, 0.3) is 0 Å². The predicted octanol–water partition coefficient (Wildman–Crippen LogP) is 3.22. The van der Waals surface area contributed by atoms with E-state index in [-0.39, 0.29) is 5.82 Å². The number of nitrogens with zero attached hydrogens (tertiary/aromatic N) is 3. The van der Waals surface area contributed by atoms with Crippen molar-refractivity contribution in [1.82, 2.24) is 14.5 Å². The summed E-state index contributed by atoms with van der Waals surface area (Å²) in [6.07, 6.45) is 1.62. The predicted molar refractivity (Wildman–Crippen MR) is 102 cm³/mol. The van der Waals surface area contributed by atoms with Crippen LogP contribution < -0.4 is 0 Å². The Morgan fingerprint density at radius 1 is 1.19 bits per heavy atom. The molecule has 0 spiro atoms. The van der Waals surface area contributed by atoms with Crippen LogP contribution in [-0.2, 0) is 22.1 Å². The first-order valence-corrected chi connectivity index (χ1v) is 10.2. The van der Waals surface area contributed by atoms with E-state index < -0.39 is 16.8 Å². The summed E-state index contributed by atoms with van der Waals surface area (Å²) < 4.78 is 20.1. The van der Waals surface area contributed by atoms with E-state index in [1.165, 1.54) is 18.4 Å². The number of fused-ring (bicyclic) bond motifs is 2. The Labute approximate surface area is 155 Å². The van der Waals surface area contributed by atoms with Gasteiger partial charge >= 0.3 is 5.97 Å². The van der Waals surface area contributed by atoms with E-state index in [1.54, 1.807) is 6.26 Å². The largest absolute Gasteiger partial charge is 0.463 e. The zero-order valence-corrected chi connectivity index (χ0v) is 15.8. The van der Waals surface area contributed by atoms with Crippen molar-refractivity contribution >= 4 is 49.4 Å². The van der Waals surface area contributed by atoms with Crippen LogP contribution in [0.1, 0.15) is 16.2 Å². The number of carbonyl (C=O) groups is 1. The first kappa shape index (κ1) is 16.9. The minimum absolute atomic E-state index is 0.250. The lowest BCUT2D eigenvalue weighted by Crippen LogP contribution is -2.13. The van der Waals surface area contributed by atoms with Gasteiger partial charge < -0.3 is 9.30 Å². The third-order valence-electron chi connectivity index (χ3n) is 4.08.